The van der Waals surface area contributed by atoms with E-state index in [1.165, 1.54) is 0 Å². The molecule has 0 spiro atoms. The Hall–Kier alpha value is -3.13. The number of carbonyl (C=O) groups excluding carboxylic acids is 1. The van der Waals surface area contributed by atoms with Crippen LogP contribution in [0.25, 0.3) is 0 Å². The zero-order chi connectivity index (χ0) is 21.7. The number of rotatable bonds is 5. The van der Waals surface area contributed by atoms with Crippen LogP contribution in [0.3, 0.4) is 0 Å². The summed E-state index contributed by atoms with van der Waals surface area (Å²) in [7, 11) is 6.35. The Kier molecular flexibility index (Phi) is 4.81. The van der Waals surface area contributed by atoms with E-state index in [4.69, 9.17) is 33.2 Å². The minimum atomic E-state index is -0.416. The number of benzene rings is 2. The van der Waals surface area contributed by atoms with Gasteiger partial charge in [-0.05, 0) is 41.0 Å². The molecular weight excluding hydrogens is 404 g/mol. The van der Waals surface area contributed by atoms with Crippen LogP contribution in [0.1, 0.15) is 28.7 Å². The second-order valence-electron chi connectivity index (χ2n) is 7.75. The van der Waals surface area contributed by atoms with Gasteiger partial charge in [0, 0.05) is 18.9 Å². The van der Waals surface area contributed by atoms with Gasteiger partial charge in [-0.25, -0.2) is 0 Å². The molecule has 8 nitrogen and oxygen atoms in total. The molecule has 2 aromatic carbocycles. The Morgan fingerprint density at radius 2 is 1.48 bits per heavy atom. The third-order valence-electron chi connectivity index (χ3n) is 6.42. The Morgan fingerprint density at radius 1 is 0.839 bits per heavy atom. The standard InChI is InChI=1S/C23H24O8/c1-25-17-5-11(6-18(26-2)22(17)28-4)19-12-7-15-16(31-10-30-15)8-13(12)21(27-3)14-9-29-23(24)20(14)19/h5-8,14,19-21H,9-10H2,1-4H3/t14-,19+,20-,21-/m0/s1. The number of hydrogen-bond donors (Lipinski definition) is 0. The summed E-state index contributed by atoms with van der Waals surface area (Å²) in [5.41, 5.74) is 2.76. The van der Waals surface area contributed by atoms with Crippen molar-refractivity contribution >= 4 is 5.97 Å². The van der Waals surface area contributed by atoms with E-state index in [1.807, 2.05) is 24.3 Å². The van der Waals surface area contributed by atoms with Crippen molar-refractivity contribution in [2.24, 2.45) is 11.8 Å². The van der Waals surface area contributed by atoms with Crippen molar-refractivity contribution in [3.63, 3.8) is 0 Å². The van der Waals surface area contributed by atoms with Gasteiger partial charge in [0.25, 0.3) is 0 Å². The molecule has 0 amide bonds. The predicted molar refractivity (Wildman–Crippen MR) is 108 cm³/mol. The molecule has 0 aromatic heterocycles. The summed E-state index contributed by atoms with van der Waals surface area (Å²) < 4.78 is 39.2. The average Bonchev–Trinajstić information content (AvgIpc) is 3.41. The van der Waals surface area contributed by atoms with Gasteiger partial charge in [-0.15, -0.1) is 0 Å². The Morgan fingerprint density at radius 3 is 2.06 bits per heavy atom. The molecule has 4 atom stereocenters. The van der Waals surface area contributed by atoms with E-state index in [2.05, 4.69) is 0 Å². The number of ether oxygens (including phenoxy) is 7. The first-order valence-electron chi connectivity index (χ1n) is 10.0. The average molecular weight is 428 g/mol. The molecule has 0 bridgehead atoms. The van der Waals surface area contributed by atoms with Crippen molar-refractivity contribution in [1.29, 1.82) is 0 Å². The predicted octanol–water partition coefficient (Wildman–Crippen LogP) is 3.06. The quantitative estimate of drug-likeness (QED) is 0.672. The van der Waals surface area contributed by atoms with Gasteiger partial charge < -0.3 is 33.2 Å². The highest BCUT2D eigenvalue weighted by Crippen LogP contribution is 2.56. The van der Waals surface area contributed by atoms with Crippen molar-refractivity contribution in [2.45, 2.75) is 12.0 Å². The maximum absolute atomic E-state index is 12.9. The van der Waals surface area contributed by atoms with Crippen LogP contribution in [0.15, 0.2) is 24.3 Å². The molecule has 0 N–H and O–H groups in total. The summed E-state index contributed by atoms with van der Waals surface area (Å²) in [5.74, 6) is 1.78. The summed E-state index contributed by atoms with van der Waals surface area (Å²) >= 11 is 0. The summed E-state index contributed by atoms with van der Waals surface area (Å²) in [6.45, 7) is 0.469. The normalized spacial score (nSPS) is 25.5. The molecule has 2 aromatic rings. The Labute approximate surface area is 179 Å². The highest BCUT2D eigenvalue weighted by molar-refractivity contribution is 5.79. The largest absolute Gasteiger partial charge is 0.493 e. The molecule has 1 saturated heterocycles. The van der Waals surface area contributed by atoms with Gasteiger partial charge >= 0.3 is 5.97 Å². The minimum absolute atomic E-state index is 0.130. The molecule has 3 aliphatic rings. The third kappa shape index (κ3) is 2.89. The zero-order valence-electron chi connectivity index (χ0n) is 17.8. The van der Waals surface area contributed by atoms with Gasteiger partial charge in [0.2, 0.25) is 12.5 Å². The first-order valence-corrected chi connectivity index (χ1v) is 10.0. The maximum Gasteiger partial charge on any atom is 0.310 e. The zero-order valence-corrected chi connectivity index (χ0v) is 17.8. The summed E-state index contributed by atoms with van der Waals surface area (Å²) in [5, 5.41) is 0. The monoisotopic (exact) mass is 428 g/mol. The van der Waals surface area contributed by atoms with Crippen molar-refractivity contribution < 1.29 is 38.0 Å². The third-order valence-corrected chi connectivity index (χ3v) is 6.42. The van der Waals surface area contributed by atoms with E-state index >= 15 is 0 Å². The number of methoxy groups -OCH3 is 4. The SMILES string of the molecule is COc1cc([C@@H]2c3cc4c(cc3[C@H](OC)[C@H]3COC(=O)[C@H]23)OCO4)cc(OC)c1OC. The number of cyclic esters (lactones) is 1. The maximum atomic E-state index is 12.9. The van der Waals surface area contributed by atoms with Crippen molar-refractivity contribution in [3.8, 4) is 28.7 Å². The van der Waals surface area contributed by atoms with Crippen LogP contribution in [-0.2, 0) is 14.3 Å². The number of esters is 1. The van der Waals surface area contributed by atoms with Crippen LogP contribution < -0.4 is 23.7 Å². The van der Waals surface area contributed by atoms with E-state index in [0.717, 1.165) is 16.7 Å². The van der Waals surface area contributed by atoms with Crippen LogP contribution in [-0.4, -0.2) is 47.8 Å². The van der Waals surface area contributed by atoms with Crippen LogP contribution in [0.4, 0.5) is 0 Å². The molecule has 0 unspecified atom stereocenters. The lowest BCUT2D eigenvalue weighted by atomic mass is 9.66. The second kappa shape index (κ2) is 7.53. The summed E-state index contributed by atoms with van der Waals surface area (Å²) in [4.78, 5) is 12.9. The lowest BCUT2D eigenvalue weighted by Crippen LogP contribution is -2.35. The van der Waals surface area contributed by atoms with Crippen LogP contribution in [0, 0.1) is 11.8 Å². The minimum Gasteiger partial charge on any atom is -0.493 e. The topological polar surface area (TPSA) is 81.7 Å². The van der Waals surface area contributed by atoms with Gasteiger partial charge in [0.1, 0.15) is 0 Å². The molecule has 2 aliphatic heterocycles. The fraction of sp³-hybridized carbons (Fsp3) is 0.435. The lowest BCUT2D eigenvalue weighted by molar-refractivity contribution is -0.141. The van der Waals surface area contributed by atoms with Crippen molar-refractivity contribution in [2.75, 3.05) is 41.8 Å². The van der Waals surface area contributed by atoms with Gasteiger partial charge in [-0.3, -0.25) is 4.79 Å². The van der Waals surface area contributed by atoms with E-state index in [-0.39, 0.29) is 30.7 Å². The molecule has 0 radical (unpaired) electrons. The lowest BCUT2D eigenvalue weighted by Gasteiger charge is -2.38. The molecule has 0 saturated carbocycles. The molecule has 164 valence electrons. The molecule has 1 aliphatic carbocycles. The molecule has 1 fully saturated rings. The molecule has 2 heterocycles. The van der Waals surface area contributed by atoms with Crippen molar-refractivity contribution in [1.82, 2.24) is 0 Å². The van der Waals surface area contributed by atoms with Crippen LogP contribution in [0.2, 0.25) is 0 Å². The Bertz CT molecular complexity index is 1010. The summed E-state index contributed by atoms with van der Waals surface area (Å²) in [6.07, 6.45) is -0.292. The van der Waals surface area contributed by atoms with E-state index < -0.39 is 5.92 Å². The fourth-order valence-corrected chi connectivity index (χ4v) is 5.09. The van der Waals surface area contributed by atoms with E-state index in [0.29, 0.717) is 35.4 Å². The van der Waals surface area contributed by atoms with E-state index in [1.54, 1.807) is 28.4 Å². The van der Waals surface area contributed by atoms with Crippen molar-refractivity contribution in [3.05, 3.63) is 41.0 Å². The van der Waals surface area contributed by atoms with Gasteiger partial charge in [0.05, 0.1) is 40.0 Å². The molecule has 5 rings (SSSR count). The molecular formula is C23H24O8. The van der Waals surface area contributed by atoms with Crippen LogP contribution >= 0.6 is 0 Å². The van der Waals surface area contributed by atoms with Gasteiger partial charge in [-0.2, -0.15) is 0 Å². The van der Waals surface area contributed by atoms with Crippen LogP contribution in [0.5, 0.6) is 28.7 Å². The fourth-order valence-electron chi connectivity index (χ4n) is 5.09. The van der Waals surface area contributed by atoms with Gasteiger partial charge in [-0.1, -0.05) is 0 Å². The van der Waals surface area contributed by atoms with Gasteiger partial charge in [0.15, 0.2) is 23.0 Å². The molecule has 8 heteroatoms. The van der Waals surface area contributed by atoms with E-state index in [9.17, 15) is 4.79 Å². The molecule has 31 heavy (non-hydrogen) atoms. The summed E-state index contributed by atoms with van der Waals surface area (Å²) in [6, 6.07) is 7.67. The highest BCUT2D eigenvalue weighted by Gasteiger charge is 2.53. The highest BCUT2D eigenvalue weighted by atomic mass is 16.7. The number of fused-ring (bicyclic) bond motifs is 3. The number of carbonyl (C=O) groups is 1. The second-order valence-corrected chi connectivity index (χ2v) is 7.75. The smallest absolute Gasteiger partial charge is 0.310 e. The number of hydrogen-bond acceptors (Lipinski definition) is 8. The first kappa shape index (κ1) is 19.8. The Balaban J connectivity index is 1.75. The first-order chi connectivity index (χ1) is 15.1.